The molecule has 2 aromatic heterocycles. The second-order valence-corrected chi connectivity index (χ2v) is 8.84. The van der Waals surface area contributed by atoms with Gasteiger partial charge in [-0.05, 0) is 38.3 Å². The fourth-order valence-electron chi connectivity index (χ4n) is 3.95. The van der Waals surface area contributed by atoms with Crippen LogP contribution >= 0.6 is 11.3 Å². The molecule has 0 radical (unpaired) electrons. The molecule has 3 heterocycles. The van der Waals surface area contributed by atoms with Gasteiger partial charge in [0, 0.05) is 34.8 Å². The number of amides is 1. The minimum Gasteiger partial charge on any atom is -0.489 e. The van der Waals surface area contributed by atoms with Crippen molar-refractivity contribution in [2.75, 3.05) is 5.32 Å². The number of nitrogens with one attached hydrogen (secondary N) is 2. The van der Waals surface area contributed by atoms with Crippen LogP contribution in [0.25, 0.3) is 16.4 Å². The third-order valence-electron chi connectivity index (χ3n) is 5.26. The highest BCUT2D eigenvalue weighted by molar-refractivity contribution is 7.19. The van der Waals surface area contributed by atoms with Crippen molar-refractivity contribution in [1.82, 2.24) is 15.3 Å². The van der Waals surface area contributed by atoms with E-state index in [2.05, 4.69) is 25.6 Å². The lowest BCUT2D eigenvalue weighted by Gasteiger charge is -2.22. The Morgan fingerprint density at radius 2 is 2.20 bits per heavy atom. The van der Waals surface area contributed by atoms with Crippen LogP contribution < -0.4 is 25.9 Å². The Balaban J connectivity index is 1.53. The van der Waals surface area contributed by atoms with Gasteiger partial charge in [0.05, 0.1) is 22.5 Å². The Morgan fingerprint density at radius 3 is 2.93 bits per heavy atom. The van der Waals surface area contributed by atoms with Crippen LogP contribution in [0.15, 0.2) is 23.5 Å². The molecule has 2 aliphatic rings. The molecule has 9 heteroatoms. The normalized spacial score (nSPS) is 16.7. The number of aryl methyl sites for hydroxylation is 1. The number of fused-ring (bicyclic) bond motifs is 4. The number of ether oxygens (including phenoxy) is 1. The fraction of sp³-hybridized carbons (Fsp3) is 0.333. The molecule has 5 rings (SSSR count). The Hall–Kier alpha value is -3.20. The second-order valence-electron chi connectivity index (χ2n) is 7.75. The van der Waals surface area contributed by atoms with Gasteiger partial charge < -0.3 is 20.5 Å². The number of carboxylic acid groups (broad SMARTS) is 1. The maximum atomic E-state index is 11.0. The first-order valence-electron chi connectivity index (χ1n) is 9.88. The van der Waals surface area contributed by atoms with Crippen LogP contribution in [0.3, 0.4) is 0 Å². The number of thiophene rings is 1. The largest absolute Gasteiger partial charge is 0.489 e. The fourth-order valence-corrected chi connectivity index (χ4v) is 5.22. The number of rotatable bonds is 5. The van der Waals surface area contributed by atoms with Gasteiger partial charge >= 0.3 is 6.09 Å². The molecule has 30 heavy (non-hydrogen) atoms. The summed E-state index contributed by atoms with van der Waals surface area (Å²) < 4.78 is 6.00. The molecule has 3 N–H and O–H groups in total. The van der Waals surface area contributed by atoms with Gasteiger partial charge in [0.1, 0.15) is 22.7 Å². The van der Waals surface area contributed by atoms with Crippen LogP contribution in [-0.2, 0) is 12.8 Å². The second kappa shape index (κ2) is 7.24. The standard InChI is InChI=1S/C21H21N5O3S/c1-10(2)29-16-7-14-11(8-22-14)5-15(16)26-19-18-13-4-3-12(25-21(27)28)6-17(13)30-20(18)24-9-23-19/h5,7-10,12,25H,3-4,6H2,1-2H3,(H,27,28)(H,23,24,26). The maximum absolute atomic E-state index is 11.0. The zero-order valence-corrected chi connectivity index (χ0v) is 17.4. The van der Waals surface area contributed by atoms with Crippen molar-refractivity contribution in [3.63, 3.8) is 0 Å². The third-order valence-corrected chi connectivity index (χ3v) is 6.42. The highest BCUT2D eigenvalue weighted by Gasteiger charge is 2.26. The van der Waals surface area contributed by atoms with Crippen LogP contribution in [0.1, 0.15) is 30.7 Å². The molecule has 154 valence electrons. The summed E-state index contributed by atoms with van der Waals surface area (Å²) in [5, 5.41) is 18.1. The number of nitrogens with zero attached hydrogens (tertiary/aromatic N) is 3. The summed E-state index contributed by atoms with van der Waals surface area (Å²) in [4.78, 5) is 26.4. The van der Waals surface area contributed by atoms with Crippen molar-refractivity contribution in [2.45, 2.75) is 45.3 Å². The minimum absolute atomic E-state index is 0.0330. The highest BCUT2D eigenvalue weighted by atomic mass is 32.1. The van der Waals surface area contributed by atoms with Crippen LogP contribution in [-0.4, -0.2) is 33.3 Å². The molecule has 3 aromatic rings. The molecular weight excluding hydrogens is 402 g/mol. The van der Waals surface area contributed by atoms with Gasteiger partial charge in [-0.1, -0.05) is 0 Å². The van der Waals surface area contributed by atoms with E-state index in [-0.39, 0.29) is 12.1 Å². The van der Waals surface area contributed by atoms with E-state index >= 15 is 0 Å². The molecule has 0 saturated heterocycles. The molecule has 1 aliphatic carbocycles. The summed E-state index contributed by atoms with van der Waals surface area (Å²) >= 11 is 1.61. The van der Waals surface area contributed by atoms with E-state index in [1.807, 2.05) is 32.2 Å². The van der Waals surface area contributed by atoms with Crippen LogP contribution in [0.4, 0.5) is 16.3 Å². The average molecular weight is 423 g/mol. The number of anilines is 2. The summed E-state index contributed by atoms with van der Waals surface area (Å²) in [7, 11) is 0. The predicted octanol–water partition coefficient (Wildman–Crippen LogP) is 2.72. The van der Waals surface area contributed by atoms with Crippen LogP contribution in [0.5, 0.6) is 5.75 Å². The molecule has 1 atom stereocenters. The molecule has 1 aromatic carbocycles. The van der Waals surface area contributed by atoms with E-state index < -0.39 is 6.09 Å². The lowest BCUT2D eigenvalue weighted by Crippen LogP contribution is -2.37. The Bertz CT molecular complexity index is 1280. The first-order chi connectivity index (χ1) is 14.5. The molecule has 1 aliphatic heterocycles. The Morgan fingerprint density at radius 1 is 1.33 bits per heavy atom. The summed E-state index contributed by atoms with van der Waals surface area (Å²) in [6.07, 6.45) is 4.67. The monoisotopic (exact) mass is 423 g/mol. The molecule has 1 unspecified atom stereocenters. The van der Waals surface area contributed by atoms with Crippen molar-refractivity contribution in [2.24, 2.45) is 4.99 Å². The van der Waals surface area contributed by atoms with Crippen molar-refractivity contribution in [3.05, 3.63) is 39.5 Å². The van der Waals surface area contributed by atoms with Crippen molar-refractivity contribution >= 4 is 45.4 Å². The summed E-state index contributed by atoms with van der Waals surface area (Å²) in [5.74, 6) is 1.48. The van der Waals surface area contributed by atoms with Crippen molar-refractivity contribution in [3.8, 4) is 5.75 Å². The number of hydrogen-bond acceptors (Lipinski definition) is 7. The van der Waals surface area contributed by atoms with Crippen LogP contribution in [0, 0.1) is 0 Å². The number of carbonyl (C=O) groups is 1. The van der Waals surface area contributed by atoms with Crippen molar-refractivity contribution in [1.29, 1.82) is 0 Å². The molecule has 0 fully saturated rings. The van der Waals surface area contributed by atoms with Crippen molar-refractivity contribution < 1.29 is 14.6 Å². The summed E-state index contributed by atoms with van der Waals surface area (Å²) in [5.41, 5.74) is 2.05. The molecule has 8 nitrogen and oxygen atoms in total. The number of hydrogen-bond donors (Lipinski definition) is 3. The van der Waals surface area contributed by atoms with E-state index in [0.29, 0.717) is 6.42 Å². The number of benzene rings is 1. The smallest absolute Gasteiger partial charge is 0.404 e. The summed E-state index contributed by atoms with van der Waals surface area (Å²) in [6.45, 7) is 3.98. The lowest BCUT2D eigenvalue weighted by atomic mass is 9.93. The highest BCUT2D eigenvalue weighted by Crippen LogP contribution is 2.39. The van der Waals surface area contributed by atoms with Gasteiger partial charge in [-0.15, -0.1) is 11.3 Å². The SMILES string of the molecule is CC(C)Oc1cc2c(cc1Nc1ncnc3sc4c(c13)CCC(NC(=O)O)C4)=CN=2. The van der Waals surface area contributed by atoms with Gasteiger partial charge in [0.25, 0.3) is 0 Å². The lowest BCUT2D eigenvalue weighted by molar-refractivity contribution is 0.188. The Kier molecular flexibility index (Phi) is 4.54. The van der Waals surface area contributed by atoms with Crippen LogP contribution in [0.2, 0.25) is 0 Å². The molecule has 0 spiro atoms. The predicted molar refractivity (Wildman–Crippen MR) is 115 cm³/mol. The topological polar surface area (TPSA) is 109 Å². The van der Waals surface area contributed by atoms with Gasteiger partial charge in [0.2, 0.25) is 0 Å². The quantitative estimate of drug-likeness (QED) is 0.582. The zero-order chi connectivity index (χ0) is 20.8. The van der Waals surface area contributed by atoms with E-state index in [9.17, 15) is 4.79 Å². The third kappa shape index (κ3) is 3.35. The van der Waals surface area contributed by atoms with Gasteiger partial charge in [-0.2, -0.15) is 0 Å². The van der Waals surface area contributed by atoms with Gasteiger partial charge in [0.15, 0.2) is 0 Å². The van der Waals surface area contributed by atoms with E-state index in [1.165, 1.54) is 10.4 Å². The average Bonchev–Trinajstić information content (AvgIpc) is 3.04. The van der Waals surface area contributed by atoms with Gasteiger partial charge in [-0.3, -0.25) is 4.99 Å². The minimum atomic E-state index is -0.978. The van der Waals surface area contributed by atoms with E-state index in [0.717, 1.165) is 50.9 Å². The molecule has 1 amide bonds. The molecular formula is C21H21N5O3S. The first kappa shape index (κ1) is 18.8. The Labute approximate surface area is 176 Å². The van der Waals surface area contributed by atoms with Gasteiger partial charge in [-0.25, -0.2) is 14.8 Å². The van der Waals surface area contributed by atoms with E-state index in [4.69, 9.17) is 9.84 Å². The summed E-state index contributed by atoms with van der Waals surface area (Å²) in [6, 6.07) is 3.91. The van der Waals surface area contributed by atoms with E-state index in [1.54, 1.807) is 17.7 Å². The molecule has 0 saturated carbocycles. The molecule has 0 bridgehead atoms. The number of aromatic nitrogens is 2. The first-order valence-corrected chi connectivity index (χ1v) is 10.7. The maximum Gasteiger partial charge on any atom is 0.404 e. The zero-order valence-electron chi connectivity index (χ0n) is 16.6.